The Kier molecular flexibility index (Phi) is 5.33. The van der Waals surface area contributed by atoms with Crippen molar-refractivity contribution in [3.05, 3.63) is 35.9 Å². The number of rotatable bonds is 3. The lowest BCUT2D eigenvalue weighted by Gasteiger charge is -2.33. The molecule has 1 aliphatic carbocycles. The van der Waals surface area contributed by atoms with Crippen molar-refractivity contribution in [3.63, 3.8) is 0 Å². The zero-order valence-corrected chi connectivity index (χ0v) is 16.7. The Balaban J connectivity index is 1.71. The highest BCUT2D eigenvalue weighted by Crippen LogP contribution is 2.29. The fraction of sp³-hybridized carbons (Fsp3) is 0.565. The van der Waals surface area contributed by atoms with Crippen LogP contribution in [0.3, 0.4) is 0 Å². The number of aromatic nitrogens is 1. The first-order valence-electron chi connectivity index (χ1n) is 10.6. The lowest BCUT2D eigenvalue weighted by atomic mass is 9.94. The zero-order chi connectivity index (χ0) is 18.8. The lowest BCUT2D eigenvalue weighted by molar-refractivity contribution is 0.0685. The third kappa shape index (κ3) is 3.80. The van der Waals surface area contributed by atoms with Gasteiger partial charge in [-0.1, -0.05) is 44.4 Å². The maximum Gasteiger partial charge on any atom is 0.254 e. The van der Waals surface area contributed by atoms with Gasteiger partial charge in [0.25, 0.3) is 5.91 Å². The number of hydrogen-bond donors (Lipinski definition) is 0. The Morgan fingerprint density at radius 1 is 1.11 bits per heavy atom. The Hall–Kier alpha value is -2.10. The molecule has 1 atom stereocenters. The molecule has 2 aliphatic rings. The summed E-state index contributed by atoms with van der Waals surface area (Å²) in [6, 6.07) is 10.7. The van der Waals surface area contributed by atoms with Crippen molar-refractivity contribution in [2.45, 2.75) is 57.9 Å². The van der Waals surface area contributed by atoms with Crippen LogP contribution in [0.2, 0.25) is 0 Å². The van der Waals surface area contributed by atoms with Crippen molar-refractivity contribution in [1.82, 2.24) is 9.88 Å². The minimum atomic E-state index is 0.165. The summed E-state index contributed by atoms with van der Waals surface area (Å²) >= 11 is 0. The molecule has 1 aromatic heterocycles. The number of carbonyl (C=O) groups excluding carboxylic acids is 1. The number of amides is 1. The van der Waals surface area contributed by atoms with Crippen molar-refractivity contribution in [2.75, 3.05) is 25.0 Å². The fourth-order valence-electron chi connectivity index (χ4n) is 4.72. The first-order chi connectivity index (χ1) is 13.1. The molecule has 1 saturated carbocycles. The van der Waals surface area contributed by atoms with Gasteiger partial charge in [-0.3, -0.25) is 4.79 Å². The smallest absolute Gasteiger partial charge is 0.254 e. The van der Waals surface area contributed by atoms with Gasteiger partial charge in [-0.05, 0) is 43.7 Å². The van der Waals surface area contributed by atoms with Gasteiger partial charge < -0.3 is 9.80 Å². The van der Waals surface area contributed by atoms with E-state index in [0.29, 0.717) is 12.0 Å². The summed E-state index contributed by atoms with van der Waals surface area (Å²) in [5, 5.41) is 0.974. The van der Waals surface area contributed by atoms with Gasteiger partial charge >= 0.3 is 0 Å². The summed E-state index contributed by atoms with van der Waals surface area (Å²) < 4.78 is 0. The third-order valence-electron chi connectivity index (χ3n) is 6.36. The molecule has 2 aromatic rings. The van der Waals surface area contributed by atoms with Crippen LogP contribution in [0.1, 0.15) is 62.2 Å². The molecule has 144 valence electrons. The van der Waals surface area contributed by atoms with E-state index in [0.717, 1.165) is 41.8 Å². The first kappa shape index (κ1) is 18.3. The summed E-state index contributed by atoms with van der Waals surface area (Å²) in [5.41, 5.74) is 1.73. The number of carbonyl (C=O) groups is 1. The molecule has 4 rings (SSSR count). The summed E-state index contributed by atoms with van der Waals surface area (Å²) in [6.45, 7) is 3.98. The monoisotopic (exact) mass is 365 g/mol. The van der Waals surface area contributed by atoms with Gasteiger partial charge in [0.15, 0.2) is 0 Å². The SMILES string of the molecule is C[C@@H]1CCCN(C(=O)c2cc(N(C)C3CCCCC3)nc3ccccc23)C1. The molecule has 0 unspecified atom stereocenters. The van der Waals surface area contributed by atoms with Gasteiger partial charge in [-0.15, -0.1) is 0 Å². The van der Waals surface area contributed by atoms with Crippen molar-refractivity contribution in [2.24, 2.45) is 5.92 Å². The minimum Gasteiger partial charge on any atom is -0.357 e. The number of hydrogen-bond acceptors (Lipinski definition) is 3. The molecule has 1 saturated heterocycles. The maximum absolute atomic E-state index is 13.4. The Labute approximate surface area is 162 Å². The first-order valence-corrected chi connectivity index (χ1v) is 10.6. The van der Waals surface area contributed by atoms with E-state index in [1.54, 1.807) is 0 Å². The predicted octanol–water partition coefficient (Wildman–Crippen LogP) is 4.88. The van der Waals surface area contributed by atoms with Crippen molar-refractivity contribution in [1.29, 1.82) is 0 Å². The molecule has 1 aromatic carbocycles. The molecule has 27 heavy (non-hydrogen) atoms. The predicted molar refractivity (Wildman–Crippen MR) is 111 cm³/mol. The molecular weight excluding hydrogens is 334 g/mol. The van der Waals surface area contributed by atoms with Gasteiger partial charge in [-0.25, -0.2) is 4.98 Å². The van der Waals surface area contributed by atoms with E-state index in [-0.39, 0.29) is 5.91 Å². The van der Waals surface area contributed by atoms with Crippen LogP contribution >= 0.6 is 0 Å². The van der Waals surface area contributed by atoms with E-state index in [4.69, 9.17) is 4.98 Å². The van der Waals surface area contributed by atoms with Crippen LogP contribution in [0.25, 0.3) is 10.9 Å². The number of nitrogens with zero attached hydrogens (tertiary/aromatic N) is 3. The van der Waals surface area contributed by atoms with Gasteiger partial charge in [0.05, 0.1) is 11.1 Å². The molecule has 1 aliphatic heterocycles. The summed E-state index contributed by atoms with van der Waals surface area (Å²) in [4.78, 5) is 22.6. The topological polar surface area (TPSA) is 36.4 Å². The van der Waals surface area contributed by atoms with E-state index in [1.807, 2.05) is 35.2 Å². The quantitative estimate of drug-likeness (QED) is 0.778. The van der Waals surface area contributed by atoms with Crippen LogP contribution in [0.15, 0.2) is 30.3 Å². The second-order valence-corrected chi connectivity index (χ2v) is 8.45. The highest BCUT2D eigenvalue weighted by molar-refractivity contribution is 6.07. The summed E-state index contributed by atoms with van der Waals surface area (Å²) in [7, 11) is 2.14. The molecule has 0 N–H and O–H groups in total. The van der Waals surface area contributed by atoms with E-state index in [2.05, 4.69) is 18.9 Å². The van der Waals surface area contributed by atoms with E-state index in [9.17, 15) is 4.79 Å². The average molecular weight is 366 g/mol. The molecule has 0 radical (unpaired) electrons. The Morgan fingerprint density at radius 3 is 2.67 bits per heavy atom. The van der Waals surface area contributed by atoms with Crippen LogP contribution < -0.4 is 4.90 Å². The zero-order valence-electron chi connectivity index (χ0n) is 16.7. The van der Waals surface area contributed by atoms with Crippen molar-refractivity contribution < 1.29 is 4.79 Å². The number of anilines is 1. The fourth-order valence-corrected chi connectivity index (χ4v) is 4.72. The molecule has 2 fully saturated rings. The summed E-state index contributed by atoms with van der Waals surface area (Å²) in [6.07, 6.45) is 8.68. The van der Waals surface area contributed by atoms with Gasteiger partial charge in [0.2, 0.25) is 0 Å². The number of pyridine rings is 1. The van der Waals surface area contributed by atoms with Crippen LogP contribution in [0, 0.1) is 5.92 Å². The van der Waals surface area contributed by atoms with Gasteiger partial charge in [0, 0.05) is 31.6 Å². The Morgan fingerprint density at radius 2 is 1.89 bits per heavy atom. The molecule has 1 amide bonds. The second-order valence-electron chi connectivity index (χ2n) is 8.45. The number of benzene rings is 1. The molecule has 0 bridgehead atoms. The molecule has 2 heterocycles. The van der Waals surface area contributed by atoms with E-state index >= 15 is 0 Å². The van der Waals surface area contributed by atoms with Crippen LogP contribution in [-0.2, 0) is 0 Å². The number of piperidine rings is 1. The molecule has 0 spiro atoms. The second kappa shape index (κ2) is 7.87. The standard InChI is InChI=1S/C23H31N3O/c1-17-9-8-14-26(16-17)23(27)20-15-22(24-21-13-7-6-12-19(20)21)25(2)18-10-4-3-5-11-18/h6-7,12-13,15,17-18H,3-5,8-11,14,16H2,1-2H3/t17-/m1/s1. The highest BCUT2D eigenvalue weighted by Gasteiger charge is 2.26. The van der Waals surface area contributed by atoms with Gasteiger partial charge in [-0.2, -0.15) is 0 Å². The van der Waals surface area contributed by atoms with Crippen LogP contribution in [-0.4, -0.2) is 42.0 Å². The third-order valence-corrected chi connectivity index (χ3v) is 6.36. The highest BCUT2D eigenvalue weighted by atomic mass is 16.2. The summed E-state index contributed by atoms with van der Waals surface area (Å²) in [5.74, 6) is 1.69. The van der Waals surface area contributed by atoms with Gasteiger partial charge in [0.1, 0.15) is 5.82 Å². The van der Waals surface area contributed by atoms with E-state index < -0.39 is 0 Å². The largest absolute Gasteiger partial charge is 0.357 e. The van der Waals surface area contributed by atoms with Crippen molar-refractivity contribution in [3.8, 4) is 0 Å². The molecule has 4 nitrogen and oxygen atoms in total. The normalized spacial score (nSPS) is 21.4. The molecule has 4 heteroatoms. The van der Waals surface area contributed by atoms with E-state index in [1.165, 1.54) is 38.5 Å². The van der Waals surface area contributed by atoms with Crippen molar-refractivity contribution >= 4 is 22.6 Å². The van der Waals surface area contributed by atoms with Crippen LogP contribution in [0.4, 0.5) is 5.82 Å². The minimum absolute atomic E-state index is 0.165. The average Bonchev–Trinajstić information content (AvgIpc) is 2.72. The Bertz CT molecular complexity index is 812. The number of likely N-dealkylation sites (tertiary alicyclic amines) is 1. The lowest BCUT2D eigenvalue weighted by Crippen LogP contribution is -2.39. The van der Waals surface area contributed by atoms with Crippen LogP contribution in [0.5, 0.6) is 0 Å². The molecular formula is C23H31N3O. The number of para-hydroxylation sites is 1. The maximum atomic E-state index is 13.4. The number of fused-ring (bicyclic) bond motifs is 1.